The van der Waals surface area contributed by atoms with Gasteiger partial charge in [0.15, 0.2) is 0 Å². The summed E-state index contributed by atoms with van der Waals surface area (Å²) in [5, 5.41) is 5.63. The zero-order valence-corrected chi connectivity index (χ0v) is 9.61. The summed E-state index contributed by atoms with van der Waals surface area (Å²) in [4.78, 5) is 11.7. The van der Waals surface area contributed by atoms with E-state index in [9.17, 15) is 4.79 Å². The zero-order valence-electron chi connectivity index (χ0n) is 9.61. The lowest BCUT2D eigenvalue weighted by molar-refractivity contribution is 0.0739. The Morgan fingerprint density at radius 2 is 2.12 bits per heavy atom. The van der Waals surface area contributed by atoms with Crippen molar-refractivity contribution < 1.29 is 9.53 Å². The number of carbonyl (C=O) groups excluding carboxylic acids is 1. The largest absolute Gasteiger partial charge is 0.399 e. The number of urea groups is 1. The average molecular weight is 235 g/mol. The van der Waals surface area contributed by atoms with Crippen molar-refractivity contribution in [2.75, 3.05) is 24.3 Å². The first kappa shape index (κ1) is 11.7. The number of nitrogens with two attached hydrogens (primary N) is 1. The SMILES string of the molecule is Nc1ccc(NC(=O)NC2CCCOC2)cc1. The quantitative estimate of drug-likeness (QED) is 0.681. The van der Waals surface area contributed by atoms with Gasteiger partial charge in [0.25, 0.3) is 0 Å². The molecular weight excluding hydrogens is 218 g/mol. The van der Waals surface area contributed by atoms with Gasteiger partial charge in [-0.15, -0.1) is 0 Å². The molecule has 17 heavy (non-hydrogen) atoms. The number of rotatable bonds is 2. The summed E-state index contributed by atoms with van der Waals surface area (Å²) < 4.78 is 5.29. The van der Waals surface area contributed by atoms with Crippen molar-refractivity contribution in [3.8, 4) is 0 Å². The highest BCUT2D eigenvalue weighted by molar-refractivity contribution is 5.89. The van der Waals surface area contributed by atoms with Crippen molar-refractivity contribution in [3.05, 3.63) is 24.3 Å². The van der Waals surface area contributed by atoms with Gasteiger partial charge in [-0.3, -0.25) is 0 Å². The van der Waals surface area contributed by atoms with Crippen LogP contribution in [-0.4, -0.2) is 25.3 Å². The Bertz CT molecular complexity index is 372. The van der Waals surface area contributed by atoms with Crippen LogP contribution >= 0.6 is 0 Å². The third kappa shape index (κ3) is 3.64. The molecule has 0 radical (unpaired) electrons. The van der Waals surface area contributed by atoms with Crippen LogP contribution in [0.2, 0.25) is 0 Å². The van der Waals surface area contributed by atoms with Gasteiger partial charge in [-0.2, -0.15) is 0 Å². The van der Waals surface area contributed by atoms with Gasteiger partial charge in [0, 0.05) is 18.0 Å². The molecule has 1 atom stereocenters. The van der Waals surface area contributed by atoms with E-state index in [2.05, 4.69) is 10.6 Å². The molecule has 1 aliphatic rings. The van der Waals surface area contributed by atoms with Gasteiger partial charge in [-0.25, -0.2) is 4.79 Å². The van der Waals surface area contributed by atoms with E-state index in [0.717, 1.165) is 25.1 Å². The zero-order chi connectivity index (χ0) is 12.1. The number of hydrogen-bond donors (Lipinski definition) is 3. The highest BCUT2D eigenvalue weighted by Gasteiger charge is 2.15. The van der Waals surface area contributed by atoms with E-state index in [-0.39, 0.29) is 12.1 Å². The van der Waals surface area contributed by atoms with Crippen molar-refractivity contribution in [3.63, 3.8) is 0 Å². The van der Waals surface area contributed by atoms with Gasteiger partial charge in [-0.05, 0) is 37.1 Å². The lowest BCUT2D eigenvalue weighted by atomic mass is 10.1. The minimum atomic E-state index is -0.203. The van der Waals surface area contributed by atoms with Crippen molar-refractivity contribution in [1.29, 1.82) is 0 Å². The average Bonchev–Trinajstić information content (AvgIpc) is 2.33. The first-order valence-electron chi connectivity index (χ1n) is 5.75. The van der Waals surface area contributed by atoms with Crippen LogP contribution in [0.3, 0.4) is 0 Å². The van der Waals surface area contributed by atoms with Gasteiger partial charge in [-0.1, -0.05) is 0 Å². The molecule has 1 heterocycles. The molecule has 1 aliphatic heterocycles. The molecule has 1 fully saturated rings. The maximum absolute atomic E-state index is 11.7. The fraction of sp³-hybridized carbons (Fsp3) is 0.417. The van der Waals surface area contributed by atoms with Gasteiger partial charge in [0.05, 0.1) is 12.6 Å². The van der Waals surface area contributed by atoms with Crippen LogP contribution in [0.15, 0.2) is 24.3 Å². The summed E-state index contributed by atoms with van der Waals surface area (Å²) in [6.45, 7) is 1.38. The predicted octanol–water partition coefficient (Wildman–Crippen LogP) is 1.57. The molecule has 2 amide bonds. The molecule has 4 N–H and O–H groups in total. The lowest BCUT2D eigenvalue weighted by Gasteiger charge is -2.23. The first-order chi connectivity index (χ1) is 8.24. The maximum atomic E-state index is 11.7. The molecule has 2 rings (SSSR count). The lowest BCUT2D eigenvalue weighted by Crippen LogP contribution is -2.42. The highest BCUT2D eigenvalue weighted by Crippen LogP contribution is 2.11. The molecule has 0 bridgehead atoms. The van der Waals surface area contributed by atoms with Crippen LogP contribution in [0.1, 0.15) is 12.8 Å². The first-order valence-corrected chi connectivity index (χ1v) is 5.75. The topological polar surface area (TPSA) is 76.4 Å². The van der Waals surface area contributed by atoms with Crippen LogP contribution in [0.5, 0.6) is 0 Å². The van der Waals surface area contributed by atoms with Crippen LogP contribution in [0.4, 0.5) is 16.2 Å². The second-order valence-corrected chi connectivity index (χ2v) is 4.13. The Balaban J connectivity index is 1.82. The number of benzene rings is 1. The van der Waals surface area contributed by atoms with E-state index < -0.39 is 0 Å². The fourth-order valence-corrected chi connectivity index (χ4v) is 1.77. The summed E-state index contributed by atoms with van der Waals surface area (Å²) in [6.07, 6.45) is 1.96. The smallest absolute Gasteiger partial charge is 0.319 e. The predicted molar refractivity (Wildman–Crippen MR) is 66.8 cm³/mol. The molecule has 0 aromatic heterocycles. The van der Waals surface area contributed by atoms with Crippen molar-refractivity contribution in [2.24, 2.45) is 0 Å². The molecule has 1 saturated heterocycles. The number of nitrogens with one attached hydrogen (secondary N) is 2. The van der Waals surface area contributed by atoms with E-state index in [0.29, 0.717) is 12.3 Å². The van der Waals surface area contributed by atoms with Gasteiger partial charge < -0.3 is 21.1 Å². The second-order valence-electron chi connectivity index (χ2n) is 4.13. The summed E-state index contributed by atoms with van der Waals surface area (Å²) in [5.41, 5.74) is 6.97. The second kappa shape index (κ2) is 5.54. The summed E-state index contributed by atoms with van der Waals surface area (Å²) >= 11 is 0. The third-order valence-corrected chi connectivity index (χ3v) is 2.66. The fourth-order valence-electron chi connectivity index (χ4n) is 1.77. The number of hydrogen-bond acceptors (Lipinski definition) is 3. The summed E-state index contributed by atoms with van der Waals surface area (Å²) in [5.74, 6) is 0. The molecule has 0 saturated carbocycles. The molecule has 0 aliphatic carbocycles. The third-order valence-electron chi connectivity index (χ3n) is 2.66. The summed E-state index contributed by atoms with van der Waals surface area (Å²) in [7, 11) is 0. The number of nitrogen functional groups attached to an aromatic ring is 1. The molecule has 5 nitrogen and oxygen atoms in total. The number of amides is 2. The van der Waals surface area contributed by atoms with Crippen LogP contribution in [0.25, 0.3) is 0 Å². The monoisotopic (exact) mass is 235 g/mol. The molecule has 5 heteroatoms. The van der Waals surface area contributed by atoms with Crippen molar-refractivity contribution >= 4 is 17.4 Å². The summed E-state index contributed by atoms with van der Waals surface area (Å²) in [6, 6.07) is 6.94. The molecular formula is C12H17N3O2. The van der Waals surface area contributed by atoms with Crippen LogP contribution < -0.4 is 16.4 Å². The van der Waals surface area contributed by atoms with Gasteiger partial charge >= 0.3 is 6.03 Å². The van der Waals surface area contributed by atoms with Gasteiger partial charge in [0.1, 0.15) is 0 Å². The minimum Gasteiger partial charge on any atom is -0.399 e. The number of anilines is 2. The number of ether oxygens (including phenoxy) is 1. The van der Waals surface area contributed by atoms with E-state index in [1.165, 1.54) is 0 Å². The van der Waals surface area contributed by atoms with Crippen LogP contribution in [-0.2, 0) is 4.74 Å². The molecule has 0 spiro atoms. The van der Waals surface area contributed by atoms with Crippen molar-refractivity contribution in [1.82, 2.24) is 5.32 Å². The van der Waals surface area contributed by atoms with E-state index in [4.69, 9.17) is 10.5 Å². The Hall–Kier alpha value is -1.75. The Labute approximate surface area is 100 Å². The van der Waals surface area contributed by atoms with E-state index in [1.54, 1.807) is 24.3 Å². The standard InChI is InChI=1S/C12H17N3O2/c13-9-3-5-10(6-4-9)14-12(16)15-11-2-1-7-17-8-11/h3-6,11H,1-2,7-8,13H2,(H2,14,15,16). The van der Waals surface area contributed by atoms with Crippen molar-refractivity contribution in [2.45, 2.75) is 18.9 Å². The number of carbonyl (C=O) groups is 1. The van der Waals surface area contributed by atoms with Gasteiger partial charge in [0.2, 0.25) is 0 Å². The Morgan fingerprint density at radius 3 is 2.76 bits per heavy atom. The van der Waals surface area contributed by atoms with E-state index >= 15 is 0 Å². The van der Waals surface area contributed by atoms with Crippen LogP contribution in [0, 0.1) is 0 Å². The Kier molecular flexibility index (Phi) is 3.82. The minimum absolute atomic E-state index is 0.109. The molecule has 1 aromatic rings. The Morgan fingerprint density at radius 1 is 1.35 bits per heavy atom. The molecule has 1 unspecified atom stereocenters. The maximum Gasteiger partial charge on any atom is 0.319 e. The highest BCUT2D eigenvalue weighted by atomic mass is 16.5. The van der Waals surface area contributed by atoms with E-state index in [1.807, 2.05) is 0 Å². The molecule has 1 aromatic carbocycles. The normalized spacial score (nSPS) is 19.6. The molecule has 92 valence electrons.